The molecule has 4 heteroatoms. The molecule has 0 aliphatic heterocycles. The van der Waals surface area contributed by atoms with Crippen LogP contribution in [0.3, 0.4) is 0 Å². The quantitative estimate of drug-likeness (QED) is 0.531. The van der Waals surface area contributed by atoms with Gasteiger partial charge in [-0.1, -0.05) is 0 Å². The number of nitrogens with zero attached hydrogens (tertiary/aromatic N) is 1. The van der Waals surface area contributed by atoms with Gasteiger partial charge in [0.15, 0.2) is 0 Å². The summed E-state index contributed by atoms with van der Waals surface area (Å²) >= 11 is 0. The molecule has 0 aromatic carbocycles. The fourth-order valence-electron chi connectivity index (χ4n) is 0.850. The standard InChI is InChI=1S/C6H10N2O2/c1-4-7-5(2-9)6(3-10)8-4/h9-10H,2-3H2,1H3,(H,7,8). The van der Waals surface area contributed by atoms with E-state index in [1.165, 1.54) is 0 Å². The molecule has 1 rings (SSSR count). The Bertz CT molecular complexity index is 198. The molecular weight excluding hydrogens is 132 g/mol. The van der Waals surface area contributed by atoms with E-state index in [0.29, 0.717) is 17.2 Å². The number of hydrogen-bond donors (Lipinski definition) is 3. The van der Waals surface area contributed by atoms with Crippen LogP contribution in [0.25, 0.3) is 0 Å². The van der Waals surface area contributed by atoms with Gasteiger partial charge in [0.1, 0.15) is 5.82 Å². The van der Waals surface area contributed by atoms with Crippen LogP contribution in [0.2, 0.25) is 0 Å². The van der Waals surface area contributed by atoms with E-state index in [2.05, 4.69) is 9.97 Å². The summed E-state index contributed by atoms with van der Waals surface area (Å²) in [5, 5.41) is 17.3. The highest BCUT2D eigenvalue weighted by atomic mass is 16.3. The Hall–Kier alpha value is -0.870. The highest BCUT2D eigenvalue weighted by Gasteiger charge is 2.03. The Morgan fingerprint density at radius 3 is 2.50 bits per heavy atom. The van der Waals surface area contributed by atoms with E-state index in [1.54, 1.807) is 6.92 Å². The third-order valence-corrected chi connectivity index (χ3v) is 1.29. The second-order valence-electron chi connectivity index (χ2n) is 2.06. The van der Waals surface area contributed by atoms with Crippen LogP contribution < -0.4 is 0 Å². The molecule has 0 spiro atoms. The van der Waals surface area contributed by atoms with E-state index in [9.17, 15) is 0 Å². The molecule has 0 aliphatic rings. The van der Waals surface area contributed by atoms with Crippen LogP contribution >= 0.6 is 0 Å². The van der Waals surface area contributed by atoms with Gasteiger partial charge >= 0.3 is 0 Å². The summed E-state index contributed by atoms with van der Waals surface area (Å²) in [6.45, 7) is 1.55. The second kappa shape index (κ2) is 2.81. The third kappa shape index (κ3) is 1.17. The fraction of sp³-hybridized carbons (Fsp3) is 0.500. The molecule has 1 aromatic rings. The van der Waals surface area contributed by atoms with Crippen LogP contribution in [0.15, 0.2) is 0 Å². The lowest BCUT2D eigenvalue weighted by atomic mass is 10.3. The maximum Gasteiger partial charge on any atom is 0.103 e. The summed E-state index contributed by atoms with van der Waals surface area (Å²) in [7, 11) is 0. The van der Waals surface area contributed by atoms with Gasteiger partial charge in [-0.2, -0.15) is 0 Å². The minimum Gasteiger partial charge on any atom is -0.390 e. The van der Waals surface area contributed by atoms with Crippen molar-refractivity contribution in [2.24, 2.45) is 0 Å². The van der Waals surface area contributed by atoms with Crippen molar-refractivity contribution in [3.63, 3.8) is 0 Å². The number of nitrogens with one attached hydrogen (secondary N) is 1. The Morgan fingerprint density at radius 1 is 1.40 bits per heavy atom. The third-order valence-electron chi connectivity index (χ3n) is 1.29. The SMILES string of the molecule is Cc1nc(CO)c(CO)[nH]1. The predicted octanol–water partition coefficient (Wildman–Crippen LogP) is -0.297. The first kappa shape index (κ1) is 7.24. The summed E-state index contributed by atoms with van der Waals surface area (Å²) in [5.74, 6) is 0.716. The first-order valence-electron chi connectivity index (χ1n) is 3.04. The summed E-state index contributed by atoms with van der Waals surface area (Å²) in [6, 6.07) is 0. The lowest BCUT2D eigenvalue weighted by Gasteiger charge is -1.90. The highest BCUT2D eigenvalue weighted by Crippen LogP contribution is 2.04. The fourth-order valence-corrected chi connectivity index (χ4v) is 0.850. The summed E-state index contributed by atoms with van der Waals surface area (Å²) in [4.78, 5) is 6.76. The molecule has 0 bridgehead atoms. The highest BCUT2D eigenvalue weighted by molar-refractivity contribution is 5.11. The van der Waals surface area contributed by atoms with Gasteiger partial charge in [-0.15, -0.1) is 0 Å². The van der Waals surface area contributed by atoms with E-state index in [0.717, 1.165) is 0 Å². The largest absolute Gasteiger partial charge is 0.390 e. The van der Waals surface area contributed by atoms with Gasteiger partial charge in [-0.3, -0.25) is 0 Å². The van der Waals surface area contributed by atoms with Crippen LogP contribution in [-0.4, -0.2) is 20.2 Å². The molecule has 1 heterocycles. The van der Waals surface area contributed by atoms with E-state index >= 15 is 0 Å². The molecule has 10 heavy (non-hydrogen) atoms. The number of aliphatic hydroxyl groups excluding tert-OH is 2. The number of aromatic amines is 1. The van der Waals surface area contributed by atoms with Crippen LogP contribution in [0, 0.1) is 6.92 Å². The molecule has 0 saturated carbocycles. The van der Waals surface area contributed by atoms with Crippen molar-refractivity contribution in [1.29, 1.82) is 0 Å². The number of rotatable bonds is 2. The minimum absolute atomic E-state index is 0.100. The van der Waals surface area contributed by atoms with E-state index < -0.39 is 0 Å². The van der Waals surface area contributed by atoms with Gasteiger partial charge in [0.2, 0.25) is 0 Å². The molecule has 56 valence electrons. The van der Waals surface area contributed by atoms with Gasteiger partial charge in [0.05, 0.1) is 24.6 Å². The average molecular weight is 142 g/mol. The van der Waals surface area contributed by atoms with E-state index in [1.807, 2.05) is 0 Å². The van der Waals surface area contributed by atoms with Crippen molar-refractivity contribution in [2.45, 2.75) is 20.1 Å². The molecule has 0 atom stereocenters. The molecule has 1 aromatic heterocycles. The maximum absolute atomic E-state index is 8.68. The summed E-state index contributed by atoms with van der Waals surface area (Å²) in [6.07, 6.45) is 0. The number of aliphatic hydroxyl groups is 2. The summed E-state index contributed by atoms with van der Waals surface area (Å²) < 4.78 is 0. The van der Waals surface area contributed by atoms with Gasteiger partial charge in [0, 0.05) is 0 Å². The van der Waals surface area contributed by atoms with Crippen molar-refractivity contribution in [3.05, 3.63) is 17.2 Å². The van der Waals surface area contributed by atoms with Crippen LogP contribution in [-0.2, 0) is 13.2 Å². The topological polar surface area (TPSA) is 69.1 Å². The zero-order chi connectivity index (χ0) is 7.56. The van der Waals surface area contributed by atoms with Crippen molar-refractivity contribution in [2.75, 3.05) is 0 Å². The number of imidazole rings is 1. The molecule has 0 fully saturated rings. The monoisotopic (exact) mass is 142 g/mol. The second-order valence-corrected chi connectivity index (χ2v) is 2.06. The predicted molar refractivity (Wildman–Crippen MR) is 35.2 cm³/mol. The van der Waals surface area contributed by atoms with Gasteiger partial charge < -0.3 is 15.2 Å². The zero-order valence-corrected chi connectivity index (χ0v) is 5.76. The number of aromatic nitrogens is 2. The molecule has 0 unspecified atom stereocenters. The van der Waals surface area contributed by atoms with Crippen LogP contribution in [0.1, 0.15) is 17.2 Å². The number of H-pyrrole nitrogens is 1. The van der Waals surface area contributed by atoms with E-state index in [4.69, 9.17) is 10.2 Å². The Morgan fingerprint density at radius 2 is 2.10 bits per heavy atom. The molecule has 3 N–H and O–H groups in total. The molecular formula is C6H10N2O2. The van der Waals surface area contributed by atoms with Gasteiger partial charge in [0.25, 0.3) is 0 Å². The van der Waals surface area contributed by atoms with Crippen molar-refractivity contribution in [3.8, 4) is 0 Å². The first-order chi connectivity index (χ1) is 4.77. The van der Waals surface area contributed by atoms with E-state index in [-0.39, 0.29) is 13.2 Å². The van der Waals surface area contributed by atoms with Crippen molar-refractivity contribution >= 4 is 0 Å². The Labute approximate surface area is 58.5 Å². The summed E-state index contributed by atoms with van der Waals surface area (Å²) in [5.41, 5.74) is 1.13. The van der Waals surface area contributed by atoms with Crippen molar-refractivity contribution < 1.29 is 10.2 Å². The molecule has 0 radical (unpaired) electrons. The van der Waals surface area contributed by atoms with Gasteiger partial charge in [-0.25, -0.2) is 4.98 Å². The Kier molecular flexibility index (Phi) is 2.03. The average Bonchev–Trinajstić information content (AvgIpc) is 2.30. The maximum atomic E-state index is 8.68. The van der Waals surface area contributed by atoms with Crippen LogP contribution in [0.5, 0.6) is 0 Å². The zero-order valence-electron chi connectivity index (χ0n) is 5.76. The minimum atomic E-state index is -0.125. The number of aryl methyl sites for hydroxylation is 1. The molecule has 0 aliphatic carbocycles. The Balaban J connectivity index is 2.96. The van der Waals surface area contributed by atoms with Crippen molar-refractivity contribution in [1.82, 2.24) is 9.97 Å². The molecule has 0 amide bonds. The lowest BCUT2D eigenvalue weighted by molar-refractivity contribution is 0.255. The first-order valence-corrected chi connectivity index (χ1v) is 3.04. The van der Waals surface area contributed by atoms with Crippen LogP contribution in [0.4, 0.5) is 0 Å². The normalized spacial score (nSPS) is 10.3. The lowest BCUT2D eigenvalue weighted by Crippen LogP contribution is -1.91. The smallest absolute Gasteiger partial charge is 0.103 e. The molecule has 0 saturated heterocycles. The molecule has 4 nitrogen and oxygen atoms in total. The van der Waals surface area contributed by atoms with Gasteiger partial charge in [-0.05, 0) is 6.92 Å². The number of hydrogen-bond acceptors (Lipinski definition) is 3.